The topological polar surface area (TPSA) is 101 Å². The predicted octanol–water partition coefficient (Wildman–Crippen LogP) is -0.0811. The third-order valence-electron chi connectivity index (χ3n) is 2.50. The van der Waals surface area contributed by atoms with Crippen molar-refractivity contribution in [1.82, 2.24) is 14.9 Å². The van der Waals surface area contributed by atoms with Crippen molar-refractivity contribution in [3.63, 3.8) is 0 Å². The Morgan fingerprint density at radius 2 is 2.24 bits per heavy atom. The number of hydrogen-bond acceptors (Lipinski definition) is 4. The summed E-state index contributed by atoms with van der Waals surface area (Å²) in [4.78, 5) is 0. The zero-order valence-corrected chi connectivity index (χ0v) is 10.9. The van der Waals surface area contributed by atoms with Gasteiger partial charge in [0.2, 0.25) is 10.0 Å². The molecule has 0 saturated heterocycles. The van der Waals surface area contributed by atoms with Crippen LogP contribution in [-0.4, -0.2) is 37.5 Å². The number of aromatic amines is 1. The van der Waals surface area contributed by atoms with E-state index < -0.39 is 10.0 Å². The van der Waals surface area contributed by atoms with Gasteiger partial charge in [0.05, 0.1) is 11.9 Å². The number of H-pyrrole nitrogens is 1. The Hall–Kier alpha value is -0.920. The molecule has 1 heterocycles. The van der Waals surface area contributed by atoms with Gasteiger partial charge in [0.15, 0.2) is 0 Å². The summed E-state index contributed by atoms with van der Waals surface area (Å²) >= 11 is 0. The Morgan fingerprint density at radius 3 is 2.82 bits per heavy atom. The summed E-state index contributed by atoms with van der Waals surface area (Å²) in [6.07, 6.45) is 3.86. The molecule has 0 radical (unpaired) electrons. The van der Waals surface area contributed by atoms with Crippen molar-refractivity contribution in [3.05, 3.63) is 17.5 Å². The Labute approximate surface area is 102 Å². The van der Waals surface area contributed by atoms with Crippen LogP contribution >= 0.6 is 0 Å². The Morgan fingerprint density at radius 1 is 1.47 bits per heavy atom. The molecule has 0 aliphatic rings. The Bertz CT molecular complexity index is 427. The molecule has 17 heavy (non-hydrogen) atoms. The van der Waals surface area contributed by atoms with Crippen LogP contribution in [0.15, 0.2) is 6.20 Å². The number of rotatable bonds is 8. The van der Waals surface area contributed by atoms with Crippen LogP contribution in [0.25, 0.3) is 0 Å². The largest absolute Gasteiger partial charge is 0.330 e. The lowest BCUT2D eigenvalue weighted by atomic mass is 10.1. The van der Waals surface area contributed by atoms with Gasteiger partial charge in [-0.1, -0.05) is 0 Å². The molecule has 4 N–H and O–H groups in total. The monoisotopic (exact) mass is 260 g/mol. The molecule has 0 fully saturated rings. The van der Waals surface area contributed by atoms with Gasteiger partial charge >= 0.3 is 0 Å². The fourth-order valence-electron chi connectivity index (χ4n) is 1.48. The van der Waals surface area contributed by atoms with E-state index in [0.717, 1.165) is 24.1 Å². The van der Waals surface area contributed by atoms with Gasteiger partial charge in [-0.3, -0.25) is 5.10 Å². The van der Waals surface area contributed by atoms with Crippen LogP contribution in [0.5, 0.6) is 0 Å². The standard InChI is InChI=1S/C10H20N4O2S/c1-9-10(8-12-14-9)4-2-6-13-17(15,16)7-3-5-11/h8,13H,2-7,11H2,1H3,(H,12,14). The molecule has 0 amide bonds. The molecule has 0 aliphatic heterocycles. The zero-order chi connectivity index (χ0) is 12.7. The molecule has 6 nitrogen and oxygen atoms in total. The summed E-state index contributed by atoms with van der Waals surface area (Å²) in [6, 6.07) is 0. The van der Waals surface area contributed by atoms with Gasteiger partial charge in [-0.25, -0.2) is 13.1 Å². The van der Waals surface area contributed by atoms with Crippen LogP contribution in [0.4, 0.5) is 0 Å². The highest BCUT2D eigenvalue weighted by atomic mass is 32.2. The normalized spacial score (nSPS) is 11.9. The average Bonchev–Trinajstić information content (AvgIpc) is 2.68. The van der Waals surface area contributed by atoms with Gasteiger partial charge in [-0.05, 0) is 38.3 Å². The van der Waals surface area contributed by atoms with Crippen molar-refractivity contribution in [1.29, 1.82) is 0 Å². The number of nitrogens with zero attached hydrogens (tertiary/aromatic N) is 1. The summed E-state index contributed by atoms with van der Waals surface area (Å²) in [7, 11) is -3.15. The summed E-state index contributed by atoms with van der Waals surface area (Å²) < 4.78 is 25.4. The van der Waals surface area contributed by atoms with Crippen LogP contribution < -0.4 is 10.5 Å². The van der Waals surface area contributed by atoms with Crippen molar-refractivity contribution in [2.75, 3.05) is 18.8 Å². The molecular weight excluding hydrogens is 240 g/mol. The van der Waals surface area contributed by atoms with Crippen molar-refractivity contribution < 1.29 is 8.42 Å². The minimum Gasteiger partial charge on any atom is -0.330 e. The summed E-state index contributed by atoms with van der Waals surface area (Å²) in [5, 5.41) is 6.76. The van der Waals surface area contributed by atoms with Crippen LogP contribution in [0.1, 0.15) is 24.1 Å². The highest BCUT2D eigenvalue weighted by molar-refractivity contribution is 7.89. The molecule has 7 heteroatoms. The van der Waals surface area contributed by atoms with E-state index in [2.05, 4.69) is 14.9 Å². The lowest BCUT2D eigenvalue weighted by molar-refractivity contribution is 0.576. The van der Waals surface area contributed by atoms with Crippen molar-refractivity contribution >= 4 is 10.0 Å². The first kappa shape index (κ1) is 14.1. The highest BCUT2D eigenvalue weighted by Crippen LogP contribution is 2.05. The first-order chi connectivity index (χ1) is 8.05. The quantitative estimate of drug-likeness (QED) is 0.569. The van der Waals surface area contributed by atoms with E-state index in [1.165, 1.54) is 0 Å². The maximum Gasteiger partial charge on any atom is 0.211 e. The van der Waals surface area contributed by atoms with Crippen molar-refractivity contribution in [2.45, 2.75) is 26.2 Å². The summed E-state index contributed by atoms with van der Waals surface area (Å²) in [6.45, 7) is 2.81. The van der Waals surface area contributed by atoms with Gasteiger partial charge in [0, 0.05) is 12.2 Å². The summed E-state index contributed by atoms with van der Waals surface area (Å²) in [5.74, 6) is 0.105. The van der Waals surface area contributed by atoms with Gasteiger partial charge in [0.1, 0.15) is 0 Å². The van der Waals surface area contributed by atoms with Crippen LogP contribution in [0, 0.1) is 6.92 Å². The first-order valence-corrected chi connectivity index (χ1v) is 7.36. The van der Waals surface area contributed by atoms with Gasteiger partial charge in [0.25, 0.3) is 0 Å². The van der Waals surface area contributed by atoms with Crippen LogP contribution in [-0.2, 0) is 16.4 Å². The second kappa shape index (κ2) is 6.73. The number of nitrogens with two attached hydrogens (primary N) is 1. The van der Waals surface area contributed by atoms with E-state index in [1.807, 2.05) is 6.92 Å². The second-order valence-electron chi connectivity index (χ2n) is 3.98. The number of hydrogen-bond donors (Lipinski definition) is 3. The molecule has 1 aromatic rings. The maximum absolute atomic E-state index is 11.4. The number of aromatic nitrogens is 2. The molecule has 1 aromatic heterocycles. The highest BCUT2D eigenvalue weighted by Gasteiger charge is 2.08. The predicted molar refractivity (Wildman–Crippen MR) is 67.1 cm³/mol. The van der Waals surface area contributed by atoms with Crippen molar-refractivity contribution in [3.8, 4) is 0 Å². The Kier molecular flexibility index (Phi) is 5.60. The van der Waals surface area contributed by atoms with E-state index >= 15 is 0 Å². The second-order valence-corrected chi connectivity index (χ2v) is 5.91. The van der Waals surface area contributed by atoms with E-state index in [1.54, 1.807) is 6.20 Å². The van der Waals surface area contributed by atoms with Gasteiger partial charge < -0.3 is 5.73 Å². The van der Waals surface area contributed by atoms with Gasteiger partial charge in [-0.2, -0.15) is 5.10 Å². The van der Waals surface area contributed by atoms with E-state index in [-0.39, 0.29) is 5.75 Å². The molecule has 98 valence electrons. The molecule has 0 saturated carbocycles. The average molecular weight is 260 g/mol. The minimum atomic E-state index is -3.15. The Balaban J connectivity index is 2.22. The lowest BCUT2D eigenvalue weighted by Crippen LogP contribution is -2.28. The summed E-state index contributed by atoms with van der Waals surface area (Å²) in [5.41, 5.74) is 7.44. The molecule has 0 aliphatic carbocycles. The molecule has 0 bridgehead atoms. The number of sulfonamides is 1. The molecular formula is C10H20N4O2S. The fourth-order valence-corrected chi connectivity index (χ4v) is 2.63. The first-order valence-electron chi connectivity index (χ1n) is 5.71. The zero-order valence-electron chi connectivity index (χ0n) is 10.1. The number of nitrogens with one attached hydrogen (secondary N) is 2. The third-order valence-corrected chi connectivity index (χ3v) is 3.97. The molecule has 0 aromatic carbocycles. The van der Waals surface area contributed by atoms with Crippen molar-refractivity contribution in [2.24, 2.45) is 5.73 Å². The molecule has 0 unspecified atom stereocenters. The fraction of sp³-hybridized carbons (Fsp3) is 0.700. The lowest BCUT2D eigenvalue weighted by Gasteiger charge is -2.05. The smallest absolute Gasteiger partial charge is 0.211 e. The van der Waals surface area contributed by atoms with E-state index in [9.17, 15) is 8.42 Å². The van der Waals surface area contributed by atoms with E-state index in [0.29, 0.717) is 19.5 Å². The van der Waals surface area contributed by atoms with Crippen LogP contribution in [0.2, 0.25) is 0 Å². The van der Waals surface area contributed by atoms with Gasteiger partial charge in [-0.15, -0.1) is 0 Å². The maximum atomic E-state index is 11.4. The number of aryl methyl sites for hydroxylation is 2. The molecule has 0 atom stereocenters. The molecule has 0 spiro atoms. The minimum absolute atomic E-state index is 0.105. The van der Waals surface area contributed by atoms with Crippen LogP contribution in [0.3, 0.4) is 0 Å². The van der Waals surface area contributed by atoms with E-state index in [4.69, 9.17) is 5.73 Å². The third kappa shape index (κ3) is 5.29. The SMILES string of the molecule is Cc1[nH]ncc1CCCNS(=O)(=O)CCCN. The molecule has 1 rings (SSSR count).